The summed E-state index contributed by atoms with van der Waals surface area (Å²) in [4.78, 5) is 4.12. The van der Waals surface area contributed by atoms with Crippen molar-refractivity contribution >= 4 is 27.3 Å². The number of hydrogen-bond acceptors (Lipinski definition) is 2. The number of nitrogens with zero attached hydrogens (tertiary/aromatic N) is 1. The molecule has 1 aliphatic rings. The fraction of sp³-hybridized carbons (Fsp3) is 0.667. The molecule has 1 fully saturated rings. The van der Waals surface area contributed by atoms with Gasteiger partial charge < -0.3 is 0 Å². The topological polar surface area (TPSA) is 3.24 Å². The van der Waals surface area contributed by atoms with Crippen LogP contribution >= 0.6 is 27.3 Å². The van der Waals surface area contributed by atoms with Gasteiger partial charge in [0.2, 0.25) is 0 Å². The number of thiophene rings is 1. The summed E-state index contributed by atoms with van der Waals surface area (Å²) in [6.45, 7) is 6.98. The van der Waals surface area contributed by atoms with Gasteiger partial charge in [0, 0.05) is 33.9 Å². The van der Waals surface area contributed by atoms with Gasteiger partial charge in [0.05, 0.1) is 0 Å². The van der Waals surface area contributed by atoms with Crippen LogP contribution in [0.1, 0.15) is 31.6 Å². The van der Waals surface area contributed by atoms with Gasteiger partial charge in [-0.25, -0.2) is 0 Å². The van der Waals surface area contributed by atoms with Crippen LogP contribution in [-0.2, 0) is 6.54 Å². The first-order valence-electron chi connectivity index (χ1n) is 5.62. The van der Waals surface area contributed by atoms with E-state index in [1.807, 2.05) is 11.3 Å². The van der Waals surface area contributed by atoms with Crippen LogP contribution in [0.2, 0.25) is 0 Å². The third-order valence-electron chi connectivity index (χ3n) is 2.64. The maximum absolute atomic E-state index is 3.52. The highest BCUT2D eigenvalue weighted by Crippen LogP contribution is 2.30. The Balaban J connectivity index is 1.94. The fourth-order valence-corrected chi connectivity index (χ4v) is 3.36. The number of rotatable bonds is 5. The van der Waals surface area contributed by atoms with Crippen LogP contribution in [0, 0.1) is 5.92 Å². The SMILES string of the molecule is CC(C)CN(Cc1cc(Br)cs1)C1CC1. The normalized spacial score (nSPS) is 16.6. The van der Waals surface area contributed by atoms with Gasteiger partial charge in [-0.3, -0.25) is 4.90 Å². The van der Waals surface area contributed by atoms with E-state index >= 15 is 0 Å². The summed E-state index contributed by atoms with van der Waals surface area (Å²) >= 11 is 5.38. The van der Waals surface area contributed by atoms with Crippen LogP contribution in [0.4, 0.5) is 0 Å². The highest BCUT2D eigenvalue weighted by atomic mass is 79.9. The van der Waals surface area contributed by atoms with Gasteiger partial charge >= 0.3 is 0 Å². The molecule has 0 aromatic carbocycles. The standard InChI is InChI=1S/C12H18BrNS/c1-9(2)6-14(11-3-4-11)7-12-5-10(13)8-15-12/h5,8-9,11H,3-4,6-7H2,1-2H3. The average molecular weight is 288 g/mol. The summed E-state index contributed by atoms with van der Waals surface area (Å²) in [7, 11) is 0. The third kappa shape index (κ3) is 3.58. The Morgan fingerprint density at radius 2 is 2.27 bits per heavy atom. The summed E-state index contributed by atoms with van der Waals surface area (Å²) in [6, 6.07) is 3.12. The Labute approximate surface area is 105 Å². The molecular weight excluding hydrogens is 270 g/mol. The molecule has 0 aliphatic heterocycles. The molecule has 1 nitrogen and oxygen atoms in total. The molecule has 1 heterocycles. The summed E-state index contributed by atoms with van der Waals surface area (Å²) in [6.07, 6.45) is 2.80. The zero-order chi connectivity index (χ0) is 10.8. The number of halogens is 1. The molecule has 0 unspecified atom stereocenters. The van der Waals surface area contributed by atoms with E-state index in [-0.39, 0.29) is 0 Å². The molecule has 84 valence electrons. The van der Waals surface area contributed by atoms with E-state index in [9.17, 15) is 0 Å². The van der Waals surface area contributed by atoms with Crippen molar-refractivity contribution < 1.29 is 0 Å². The lowest BCUT2D eigenvalue weighted by Gasteiger charge is -2.23. The number of hydrogen-bond donors (Lipinski definition) is 0. The molecule has 1 aromatic heterocycles. The molecule has 2 rings (SSSR count). The highest BCUT2D eigenvalue weighted by molar-refractivity contribution is 9.10. The summed E-state index contributed by atoms with van der Waals surface area (Å²) < 4.78 is 1.22. The minimum absolute atomic E-state index is 0.772. The van der Waals surface area contributed by atoms with Crippen LogP contribution in [0.15, 0.2) is 15.9 Å². The van der Waals surface area contributed by atoms with Crippen molar-refractivity contribution in [3.8, 4) is 0 Å². The van der Waals surface area contributed by atoms with Crippen molar-refractivity contribution in [2.24, 2.45) is 5.92 Å². The molecule has 0 N–H and O–H groups in total. The van der Waals surface area contributed by atoms with Crippen LogP contribution in [0.25, 0.3) is 0 Å². The molecule has 0 radical (unpaired) electrons. The van der Waals surface area contributed by atoms with Gasteiger partial charge in [-0.15, -0.1) is 11.3 Å². The first-order chi connectivity index (χ1) is 7.15. The van der Waals surface area contributed by atoms with Gasteiger partial charge in [-0.2, -0.15) is 0 Å². The predicted molar refractivity (Wildman–Crippen MR) is 70.3 cm³/mol. The maximum atomic E-state index is 3.52. The second-order valence-corrected chi connectivity index (χ2v) is 6.70. The second kappa shape index (κ2) is 4.98. The smallest absolute Gasteiger partial charge is 0.0331 e. The van der Waals surface area contributed by atoms with Crippen molar-refractivity contribution in [3.63, 3.8) is 0 Å². The van der Waals surface area contributed by atoms with Gasteiger partial charge in [0.15, 0.2) is 0 Å². The van der Waals surface area contributed by atoms with Crippen molar-refractivity contribution in [2.45, 2.75) is 39.3 Å². The van der Waals surface area contributed by atoms with Gasteiger partial charge in [0.25, 0.3) is 0 Å². The first-order valence-corrected chi connectivity index (χ1v) is 7.29. The Morgan fingerprint density at radius 1 is 1.53 bits per heavy atom. The van der Waals surface area contributed by atoms with Crippen molar-refractivity contribution in [1.29, 1.82) is 0 Å². The minimum Gasteiger partial charge on any atom is -0.295 e. The lowest BCUT2D eigenvalue weighted by atomic mass is 10.2. The predicted octanol–water partition coefficient (Wildman–Crippen LogP) is 4.13. The fourth-order valence-electron chi connectivity index (χ4n) is 1.89. The molecule has 0 bridgehead atoms. The Morgan fingerprint density at radius 3 is 2.73 bits per heavy atom. The summed E-state index contributed by atoms with van der Waals surface area (Å²) in [5, 5.41) is 2.18. The van der Waals surface area contributed by atoms with E-state index in [0.29, 0.717) is 0 Å². The monoisotopic (exact) mass is 287 g/mol. The second-order valence-electron chi connectivity index (χ2n) is 4.79. The van der Waals surface area contributed by atoms with E-state index < -0.39 is 0 Å². The molecule has 3 heteroatoms. The molecule has 0 saturated heterocycles. The zero-order valence-electron chi connectivity index (χ0n) is 9.37. The van der Waals surface area contributed by atoms with E-state index in [4.69, 9.17) is 0 Å². The van der Waals surface area contributed by atoms with Crippen LogP contribution in [0.5, 0.6) is 0 Å². The van der Waals surface area contributed by atoms with Crippen LogP contribution in [0.3, 0.4) is 0 Å². The van der Waals surface area contributed by atoms with E-state index in [1.54, 1.807) is 0 Å². The lowest BCUT2D eigenvalue weighted by Crippen LogP contribution is -2.29. The highest BCUT2D eigenvalue weighted by Gasteiger charge is 2.29. The van der Waals surface area contributed by atoms with Crippen molar-refractivity contribution in [2.75, 3.05) is 6.54 Å². The van der Waals surface area contributed by atoms with Gasteiger partial charge in [-0.05, 0) is 40.8 Å². The molecule has 1 aliphatic carbocycles. The van der Waals surface area contributed by atoms with E-state index in [2.05, 4.69) is 46.1 Å². The van der Waals surface area contributed by atoms with Crippen LogP contribution < -0.4 is 0 Å². The molecule has 0 spiro atoms. The largest absolute Gasteiger partial charge is 0.295 e. The molecule has 0 amide bonds. The van der Waals surface area contributed by atoms with E-state index in [1.165, 1.54) is 28.7 Å². The minimum atomic E-state index is 0.772. The molecule has 1 saturated carbocycles. The first kappa shape index (κ1) is 11.6. The molecule has 15 heavy (non-hydrogen) atoms. The van der Waals surface area contributed by atoms with E-state index in [0.717, 1.165) is 18.5 Å². The summed E-state index contributed by atoms with van der Waals surface area (Å²) in [5.41, 5.74) is 0. The zero-order valence-corrected chi connectivity index (χ0v) is 11.8. The molecule has 0 atom stereocenters. The molecule has 1 aromatic rings. The quantitative estimate of drug-likeness (QED) is 0.787. The Hall–Kier alpha value is 0.140. The van der Waals surface area contributed by atoms with Crippen molar-refractivity contribution in [3.05, 3.63) is 20.8 Å². The Kier molecular flexibility index (Phi) is 3.86. The average Bonchev–Trinajstić information content (AvgIpc) is 2.90. The van der Waals surface area contributed by atoms with Crippen molar-refractivity contribution in [1.82, 2.24) is 4.90 Å². The lowest BCUT2D eigenvalue weighted by molar-refractivity contribution is 0.228. The third-order valence-corrected chi connectivity index (χ3v) is 4.33. The van der Waals surface area contributed by atoms with Crippen LogP contribution in [-0.4, -0.2) is 17.5 Å². The summed E-state index contributed by atoms with van der Waals surface area (Å²) in [5.74, 6) is 0.772. The van der Waals surface area contributed by atoms with Gasteiger partial charge in [-0.1, -0.05) is 13.8 Å². The van der Waals surface area contributed by atoms with Gasteiger partial charge in [0.1, 0.15) is 0 Å². The Bertz CT molecular complexity index is 317. The maximum Gasteiger partial charge on any atom is 0.0331 e. The molecular formula is C12H18BrNS.